The highest BCUT2D eigenvalue weighted by atomic mass is 15.2. The molecule has 0 aliphatic carbocycles. The van der Waals surface area contributed by atoms with Crippen LogP contribution in [0, 0.1) is 0 Å². The zero-order chi connectivity index (χ0) is 8.67. The lowest BCUT2D eigenvalue weighted by atomic mass is 10.1. The summed E-state index contributed by atoms with van der Waals surface area (Å²) in [5, 5.41) is 6.47. The lowest BCUT2D eigenvalue weighted by Crippen LogP contribution is -2.43. The van der Waals surface area contributed by atoms with E-state index in [0.717, 1.165) is 24.6 Å². The van der Waals surface area contributed by atoms with Crippen LogP contribution in [0.25, 0.3) is 0 Å². The van der Waals surface area contributed by atoms with Gasteiger partial charge in [-0.15, -0.1) is 0 Å². The fraction of sp³-hybridized carbons (Fsp3) is 0.375. The Kier molecular flexibility index (Phi) is 1.34. The van der Waals surface area contributed by atoms with Gasteiger partial charge in [0.15, 0.2) is 6.17 Å². The topological polar surface area (TPSA) is 61.1 Å². The van der Waals surface area contributed by atoms with Gasteiger partial charge < -0.3 is 5.32 Å². The predicted molar refractivity (Wildman–Crippen MR) is 51.2 cm³/mol. The van der Waals surface area contributed by atoms with Crippen LogP contribution in [0.3, 0.4) is 0 Å². The second-order valence-electron chi connectivity index (χ2n) is 3.11. The molecule has 0 radical (unpaired) electrons. The molecule has 0 aromatic carbocycles. The van der Waals surface area contributed by atoms with Gasteiger partial charge in [-0.05, 0) is 0 Å². The number of hydrogen-bond donors (Lipinski definition) is 2. The maximum atomic E-state index is 4.28. The molecule has 13 heavy (non-hydrogen) atoms. The fourth-order valence-corrected chi connectivity index (χ4v) is 1.67. The Morgan fingerprint density at radius 2 is 2.38 bits per heavy atom. The molecule has 0 amide bonds. The largest absolute Gasteiger partial charge is 0.371 e. The highest BCUT2D eigenvalue weighted by Gasteiger charge is 2.27. The normalized spacial score (nSPS) is 29.5. The van der Waals surface area contributed by atoms with Crippen LogP contribution in [0.2, 0.25) is 0 Å². The molecule has 66 valence electrons. The first kappa shape index (κ1) is 6.97. The third-order valence-electron chi connectivity index (χ3n) is 2.30. The van der Waals surface area contributed by atoms with Gasteiger partial charge in [-0.25, -0.2) is 9.98 Å². The summed E-state index contributed by atoms with van der Waals surface area (Å²) in [4.78, 5) is 12.6. The van der Waals surface area contributed by atoms with Crippen molar-refractivity contribution in [2.24, 2.45) is 15.0 Å². The summed E-state index contributed by atoms with van der Waals surface area (Å²) < 4.78 is 0. The lowest BCUT2D eigenvalue weighted by Gasteiger charge is -2.25. The first-order valence-electron chi connectivity index (χ1n) is 4.26. The van der Waals surface area contributed by atoms with E-state index in [2.05, 4.69) is 25.6 Å². The van der Waals surface area contributed by atoms with Crippen molar-refractivity contribution < 1.29 is 0 Å². The molecule has 0 fully saturated rings. The summed E-state index contributed by atoms with van der Waals surface area (Å²) in [6, 6.07) is 0. The van der Waals surface area contributed by atoms with Crippen LogP contribution in [0.1, 0.15) is 0 Å². The SMILES string of the molecule is C1=NC2N=CC3=C(NCNC3)C2=N1. The van der Waals surface area contributed by atoms with E-state index in [0.29, 0.717) is 0 Å². The molecular weight excluding hydrogens is 166 g/mol. The quantitative estimate of drug-likeness (QED) is 0.510. The lowest BCUT2D eigenvalue weighted by molar-refractivity contribution is 0.639. The third kappa shape index (κ3) is 0.936. The molecule has 0 aromatic heterocycles. The van der Waals surface area contributed by atoms with Crippen molar-refractivity contribution >= 4 is 18.3 Å². The summed E-state index contributed by atoms with van der Waals surface area (Å²) >= 11 is 0. The third-order valence-corrected chi connectivity index (χ3v) is 2.30. The van der Waals surface area contributed by atoms with Gasteiger partial charge in [0.2, 0.25) is 0 Å². The Morgan fingerprint density at radius 1 is 1.38 bits per heavy atom. The van der Waals surface area contributed by atoms with Crippen LogP contribution in [0.4, 0.5) is 0 Å². The molecule has 0 spiro atoms. The molecule has 3 rings (SSSR count). The second kappa shape index (κ2) is 2.50. The maximum Gasteiger partial charge on any atom is 0.185 e. The van der Waals surface area contributed by atoms with Gasteiger partial charge in [0, 0.05) is 18.3 Å². The van der Waals surface area contributed by atoms with E-state index in [-0.39, 0.29) is 6.17 Å². The minimum absolute atomic E-state index is 0.0932. The molecule has 0 saturated heterocycles. The maximum absolute atomic E-state index is 4.28. The van der Waals surface area contributed by atoms with Crippen molar-refractivity contribution in [1.29, 1.82) is 0 Å². The summed E-state index contributed by atoms with van der Waals surface area (Å²) in [6.07, 6.45) is 3.36. The molecule has 2 N–H and O–H groups in total. The highest BCUT2D eigenvalue weighted by Crippen LogP contribution is 2.18. The van der Waals surface area contributed by atoms with Gasteiger partial charge in [0.05, 0.1) is 12.4 Å². The van der Waals surface area contributed by atoms with Crippen LogP contribution < -0.4 is 10.6 Å². The average Bonchev–Trinajstić information content (AvgIpc) is 2.65. The van der Waals surface area contributed by atoms with Crippen molar-refractivity contribution in [2.75, 3.05) is 13.2 Å². The first-order chi connectivity index (χ1) is 6.45. The van der Waals surface area contributed by atoms with Gasteiger partial charge >= 0.3 is 0 Å². The van der Waals surface area contributed by atoms with E-state index in [1.807, 2.05) is 6.21 Å². The molecule has 5 heteroatoms. The second-order valence-corrected chi connectivity index (χ2v) is 3.11. The van der Waals surface area contributed by atoms with Crippen molar-refractivity contribution in [2.45, 2.75) is 6.17 Å². The number of dihydropyridines is 1. The molecule has 0 aromatic rings. The number of hydrogen-bond acceptors (Lipinski definition) is 5. The molecule has 3 aliphatic rings. The molecule has 3 heterocycles. The zero-order valence-electron chi connectivity index (χ0n) is 6.99. The predicted octanol–water partition coefficient (Wildman–Crippen LogP) is -0.716. The highest BCUT2D eigenvalue weighted by molar-refractivity contribution is 6.15. The minimum atomic E-state index is -0.0932. The summed E-state index contributed by atoms with van der Waals surface area (Å²) in [6.45, 7) is 1.65. The van der Waals surface area contributed by atoms with E-state index in [1.165, 1.54) is 5.57 Å². The summed E-state index contributed by atoms with van der Waals surface area (Å²) in [5.74, 6) is 0. The zero-order valence-corrected chi connectivity index (χ0v) is 6.99. The molecule has 1 unspecified atom stereocenters. The van der Waals surface area contributed by atoms with Gasteiger partial charge in [0.1, 0.15) is 12.1 Å². The van der Waals surface area contributed by atoms with Crippen molar-refractivity contribution in [3.63, 3.8) is 0 Å². The Balaban J connectivity index is 2.07. The van der Waals surface area contributed by atoms with Crippen LogP contribution in [-0.2, 0) is 0 Å². The van der Waals surface area contributed by atoms with Crippen LogP contribution in [0.15, 0.2) is 26.2 Å². The Morgan fingerprint density at radius 3 is 3.38 bits per heavy atom. The van der Waals surface area contributed by atoms with Gasteiger partial charge in [-0.1, -0.05) is 0 Å². The smallest absolute Gasteiger partial charge is 0.185 e. The summed E-state index contributed by atoms with van der Waals surface area (Å²) in [5.41, 5.74) is 3.24. The van der Waals surface area contributed by atoms with Gasteiger partial charge in [-0.3, -0.25) is 10.3 Å². The minimum Gasteiger partial charge on any atom is -0.371 e. The van der Waals surface area contributed by atoms with Crippen LogP contribution in [0.5, 0.6) is 0 Å². The number of rotatable bonds is 0. The standard InChI is InChI=1S/C8H9N5/c1-5-2-10-8-7(12-4-13-8)6(5)11-3-9-1/h2,4,8-9,11H,1,3H2. The van der Waals surface area contributed by atoms with E-state index < -0.39 is 0 Å². The molecule has 3 aliphatic heterocycles. The number of nitrogens with one attached hydrogen (secondary N) is 2. The van der Waals surface area contributed by atoms with E-state index in [4.69, 9.17) is 0 Å². The monoisotopic (exact) mass is 175 g/mol. The van der Waals surface area contributed by atoms with Crippen LogP contribution in [-0.4, -0.2) is 37.6 Å². The average molecular weight is 175 g/mol. The Labute approximate surface area is 75.4 Å². The molecule has 1 atom stereocenters. The first-order valence-corrected chi connectivity index (χ1v) is 4.26. The molecule has 5 nitrogen and oxygen atoms in total. The van der Waals surface area contributed by atoms with Gasteiger partial charge in [-0.2, -0.15) is 0 Å². The number of fused-ring (bicyclic) bond motifs is 2. The van der Waals surface area contributed by atoms with Gasteiger partial charge in [0.25, 0.3) is 0 Å². The van der Waals surface area contributed by atoms with E-state index in [1.54, 1.807) is 6.34 Å². The molecular formula is C8H9N5. The number of nitrogens with zero attached hydrogens (tertiary/aromatic N) is 3. The Bertz CT molecular complexity index is 363. The molecule has 0 saturated carbocycles. The Hall–Kier alpha value is -1.49. The van der Waals surface area contributed by atoms with Crippen molar-refractivity contribution in [3.05, 3.63) is 11.3 Å². The molecule has 0 bridgehead atoms. The fourth-order valence-electron chi connectivity index (χ4n) is 1.67. The summed E-state index contributed by atoms with van der Waals surface area (Å²) in [7, 11) is 0. The van der Waals surface area contributed by atoms with E-state index >= 15 is 0 Å². The number of aliphatic imine (C=N–C) groups is 3. The van der Waals surface area contributed by atoms with Crippen molar-refractivity contribution in [3.8, 4) is 0 Å². The van der Waals surface area contributed by atoms with E-state index in [9.17, 15) is 0 Å². The van der Waals surface area contributed by atoms with Crippen LogP contribution >= 0.6 is 0 Å². The van der Waals surface area contributed by atoms with Crippen molar-refractivity contribution in [1.82, 2.24) is 10.6 Å².